The van der Waals surface area contributed by atoms with Gasteiger partial charge in [0.1, 0.15) is 5.56 Å². The minimum absolute atomic E-state index is 0.0837. The van der Waals surface area contributed by atoms with Crippen LogP contribution in [0.15, 0.2) is 30.7 Å². The summed E-state index contributed by atoms with van der Waals surface area (Å²) in [5, 5.41) is 8.40. The fourth-order valence-corrected chi connectivity index (χ4v) is 2.41. The molecule has 1 amide bonds. The lowest BCUT2D eigenvalue weighted by atomic mass is 10.2. The van der Waals surface area contributed by atoms with Crippen molar-refractivity contribution in [2.45, 2.75) is 20.4 Å². The largest absolute Gasteiger partial charge is 0.340 e. The van der Waals surface area contributed by atoms with E-state index in [0.717, 1.165) is 11.4 Å². The van der Waals surface area contributed by atoms with Crippen molar-refractivity contribution in [3.8, 4) is 0 Å². The Morgan fingerprint density at radius 3 is 2.86 bits per heavy atom. The highest BCUT2D eigenvalue weighted by Crippen LogP contribution is 2.13. The zero-order valence-electron chi connectivity index (χ0n) is 12.9. The highest BCUT2D eigenvalue weighted by atomic mass is 16.2. The monoisotopic (exact) mass is 298 g/mol. The zero-order chi connectivity index (χ0) is 15.7. The molecule has 0 aliphatic carbocycles. The number of carbonyl (C=O) groups excluding carboxylic acids is 1. The molecule has 3 heterocycles. The maximum absolute atomic E-state index is 12.6. The Hall–Kier alpha value is -2.70. The van der Waals surface area contributed by atoms with E-state index < -0.39 is 0 Å². The first-order chi connectivity index (χ1) is 10.6. The molecule has 0 saturated heterocycles. The Kier molecular flexibility index (Phi) is 3.62. The maximum Gasteiger partial charge on any atom is 0.259 e. The van der Waals surface area contributed by atoms with E-state index in [1.165, 1.54) is 0 Å². The molecule has 0 unspecified atom stereocenters. The number of fused-ring (bicyclic) bond motifs is 1. The topological polar surface area (TPSA) is 68.3 Å². The fourth-order valence-electron chi connectivity index (χ4n) is 2.41. The molecule has 0 spiro atoms. The second kappa shape index (κ2) is 5.59. The minimum Gasteiger partial charge on any atom is -0.340 e. The molecule has 0 fully saturated rings. The average molecular weight is 298 g/mol. The van der Waals surface area contributed by atoms with Gasteiger partial charge >= 0.3 is 0 Å². The van der Waals surface area contributed by atoms with E-state index in [-0.39, 0.29) is 5.91 Å². The standard InChI is InChI=1S/C15H18N6O/c1-11-9-12(2)21-14(18-11)13(10-17-21)15(22)19(3)7-8-20-6-4-5-16-20/h4-6,9-10H,7-8H2,1-3H3. The number of amides is 1. The molecule has 7 heteroatoms. The molecule has 0 bridgehead atoms. The van der Waals surface area contributed by atoms with Gasteiger partial charge in [0.25, 0.3) is 5.91 Å². The predicted octanol–water partition coefficient (Wildman–Crippen LogP) is 1.31. The van der Waals surface area contributed by atoms with Crippen LogP contribution in [0, 0.1) is 13.8 Å². The van der Waals surface area contributed by atoms with E-state index in [4.69, 9.17) is 0 Å². The first kappa shape index (κ1) is 14.2. The van der Waals surface area contributed by atoms with Gasteiger partial charge in [0.15, 0.2) is 5.65 Å². The third-order valence-electron chi connectivity index (χ3n) is 3.58. The summed E-state index contributed by atoms with van der Waals surface area (Å²) < 4.78 is 3.49. The summed E-state index contributed by atoms with van der Waals surface area (Å²) in [4.78, 5) is 18.7. The van der Waals surface area contributed by atoms with Crippen LogP contribution < -0.4 is 0 Å². The quantitative estimate of drug-likeness (QED) is 0.728. The lowest BCUT2D eigenvalue weighted by Crippen LogP contribution is -2.30. The molecule has 0 radical (unpaired) electrons. The fraction of sp³-hybridized carbons (Fsp3) is 0.333. The van der Waals surface area contributed by atoms with Crippen molar-refractivity contribution >= 4 is 11.6 Å². The molecule has 0 saturated carbocycles. The van der Waals surface area contributed by atoms with Gasteiger partial charge in [0, 0.05) is 37.4 Å². The smallest absolute Gasteiger partial charge is 0.259 e. The number of carbonyl (C=O) groups is 1. The van der Waals surface area contributed by atoms with Gasteiger partial charge in [-0.2, -0.15) is 10.2 Å². The van der Waals surface area contributed by atoms with Crippen LogP contribution in [-0.4, -0.2) is 48.8 Å². The highest BCUT2D eigenvalue weighted by Gasteiger charge is 2.18. The molecule has 3 aromatic rings. The van der Waals surface area contributed by atoms with Crippen molar-refractivity contribution in [3.63, 3.8) is 0 Å². The number of nitrogens with zero attached hydrogens (tertiary/aromatic N) is 6. The summed E-state index contributed by atoms with van der Waals surface area (Å²) in [6.45, 7) is 5.09. The van der Waals surface area contributed by atoms with E-state index in [0.29, 0.717) is 24.3 Å². The van der Waals surface area contributed by atoms with E-state index in [1.54, 1.807) is 33.5 Å². The summed E-state index contributed by atoms with van der Waals surface area (Å²) in [5.41, 5.74) is 2.96. The average Bonchev–Trinajstić information content (AvgIpc) is 3.13. The molecule has 0 aliphatic rings. The predicted molar refractivity (Wildman–Crippen MR) is 81.6 cm³/mol. The molecule has 22 heavy (non-hydrogen) atoms. The van der Waals surface area contributed by atoms with Crippen molar-refractivity contribution < 1.29 is 4.79 Å². The van der Waals surface area contributed by atoms with Crippen LogP contribution in [0.25, 0.3) is 5.65 Å². The summed E-state index contributed by atoms with van der Waals surface area (Å²) in [5.74, 6) is -0.0837. The molecular weight excluding hydrogens is 280 g/mol. The Labute approximate surface area is 128 Å². The van der Waals surface area contributed by atoms with Crippen LogP contribution in [0.2, 0.25) is 0 Å². The highest BCUT2D eigenvalue weighted by molar-refractivity contribution is 5.99. The molecule has 0 N–H and O–H groups in total. The molecule has 3 aromatic heterocycles. The van der Waals surface area contributed by atoms with Crippen LogP contribution in [0.5, 0.6) is 0 Å². The van der Waals surface area contributed by atoms with Crippen LogP contribution in [0.1, 0.15) is 21.7 Å². The third kappa shape index (κ3) is 2.57. The zero-order valence-corrected chi connectivity index (χ0v) is 12.9. The summed E-state index contributed by atoms with van der Waals surface area (Å²) in [6, 6.07) is 3.80. The molecular formula is C15H18N6O. The van der Waals surface area contributed by atoms with Gasteiger partial charge in [-0.15, -0.1) is 0 Å². The Bertz CT molecular complexity index is 805. The van der Waals surface area contributed by atoms with Crippen LogP contribution in [-0.2, 0) is 6.54 Å². The molecule has 0 atom stereocenters. The van der Waals surface area contributed by atoms with Gasteiger partial charge < -0.3 is 4.90 Å². The number of rotatable bonds is 4. The van der Waals surface area contributed by atoms with Gasteiger partial charge in [-0.3, -0.25) is 9.48 Å². The van der Waals surface area contributed by atoms with Crippen molar-refractivity contribution in [2.75, 3.05) is 13.6 Å². The summed E-state index contributed by atoms with van der Waals surface area (Å²) in [6.07, 6.45) is 5.19. The van der Waals surface area contributed by atoms with E-state index in [9.17, 15) is 4.79 Å². The van der Waals surface area contributed by atoms with E-state index in [2.05, 4.69) is 15.2 Å². The molecule has 0 aromatic carbocycles. The Morgan fingerprint density at radius 2 is 2.14 bits per heavy atom. The van der Waals surface area contributed by atoms with Gasteiger partial charge in [-0.1, -0.05) is 0 Å². The van der Waals surface area contributed by atoms with Crippen molar-refractivity contribution in [1.29, 1.82) is 0 Å². The molecule has 7 nitrogen and oxygen atoms in total. The second-order valence-electron chi connectivity index (χ2n) is 5.33. The van der Waals surface area contributed by atoms with Gasteiger partial charge in [-0.05, 0) is 26.0 Å². The lowest BCUT2D eigenvalue weighted by Gasteiger charge is -2.16. The normalized spacial score (nSPS) is 11.0. The SMILES string of the molecule is Cc1cc(C)n2ncc(C(=O)N(C)CCn3cccn3)c2n1. The molecule has 3 rings (SSSR count). The molecule has 114 valence electrons. The number of likely N-dealkylation sites (N-methyl/N-ethyl adjacent to an activating group) is 1. The number of aromatic nitrogens is 5. The maximum atomic E-state index is 12.6. The summed E-state index contributed by atoms with van der Waals surface area (Å²) in [7, 11) is 1.78. The van der Waals surface area contributed by atoms with Gasteiger partial charge in [-0.25, -0.2) is 9.50 Å². The Morgan fingerprint density at radius 1 is 1.32 bits per heavy atom. The van der Waals surface area contributed by atoms with Crippen molar-refractivity contribution in [1.82, 2.24) is 29.3 Å². The van der Waals surface area contributed by atoms with Gasteiger partial charge in [0.05, 0.1) is 12.7 Å². The van der Waals surface area contributed by atoms with Crippen molar-refractivity contribution in [2.24, 2.45) is 0 Å². The lowest BCUT2D eigenvalue weighted by molar-refractivity contribution is 0.0790. The first-order valence-electron chi connectivity index (χ1n) is 7.11. The third-order valence-corrected chi connectivity index (χ3v) is 3.58. The number of hydrogen-bond acceptors (Lipinski definition) is 4. The summed E-state index contributed by atoms with van der Waals surface area (Å²) >= 11 is 0. The Balaban J connectivity index is 1.82. The number of aryl methyl sites for hydroxylation is 2. The van der Waals surface area contributed by atoms with Crippen LogP contribution in [0.3, 0.4) is 0 Å². The van der Waals surface area contributed by atoms with Gasteiger partial charge in [0.2, 0.25) is 0 Å². The van der Waals surface area contributed by atoms with Crippen molar-refractivity contribution in [3.05, 3.63) is 47.7 Å². The second-order valence-corrected chi connectivity index (χ2v) is 5.33. The van der Waals surface area contributed by atoms with E-state index in [1.807, 2.05) is 32.2 Å². The number of hydrogen-bond donors (Lipinski definition) is 0. The van der Waals surface area contributed by atoms with E-state index >= 15 is 0 Å². The van der Waals surface area contributed by atoms with Crippen LogP contribution >= 0.6 is 0 Å². The minimum atomic E-state index is -0.0837. The first-order valence-corrected chi connectivity index (χ1v) is 7.11. The molecule has 0 aliphatic heterocycles. The van der Waals surface area contributed by atoms with Crippen LogP contribution in [0.4, 0.5) is 0 Å².